The molecule has 0 fully saturated rings. The lowest BCUT2D eigenvalue weighted by molar-refractivity contribution is 0.100. The van der Waals surface area contributed by atoms with Gasteiger partial charge in [-0.2, -0.15) is 0 Å². The van der Waals surface area contributed by atoms with Crippen LogP contribution in [-0.2, 0) is 0 Å². The number of carbonyl (C=O) groups excluding carboxylic acids is 1. The standard InChI is InChI=1S/C12H9N2O/c13-12(15)10-6-2-1-5-9(10)11-7-3-4-8-14-11/h1-7H,(H2,13,15). The zero-order valence-corrected chi connectivity index (χ0v) is 7.97. The Labute approximate surface area is 87.6 Å². The van der Waals surface area contributed by atoms with Gasteiger partial charge in [-0.1, -0.05) is 24.3 Å². The highest BCUT2D eigenvalue weighted by molar-refractivity contribution is 5.99. The van der Waals surface area contributed by atoms with Crippen molar-refractivity contribution in [3.63, 3.8) is 0 Å². The highest BCUT2D eigenvalue weighted by Crippen LogP contribution is 2.20. The van der Waals surface area contributed by atoms with Gasteiger partial charge < -0.3 is 5.73 Å². The van der Waals surface area contributed by atoms with Crippen LogP contribution in [0, 0.1) is 6.20 Å². The summed E-state index contributed by atoms with van der Waals surface area (Å²) in [6.07, 6.45) is 2.72. The van der Waals surface area contributed by atoms with E-state index in [-0.39, 0.29) is 0 Å². The second-order valence-corrected chi connectivity index (χ2v) is 3.06. The summed E-state index contributed by atoms with van der Waals surface area (Å²) >= 11 is 0. The van der Waals surface area contributed by atoms with Gasteiger partial charge in [0.05, 0.1) is 11.9 Å². The molecule has 0 atom stereocenters. The van der Waals surface area contributed by atoms with E-state index in [2.05, 4.69) is 11.2 Å². The van der Waals surface area contributed by atoms with Gasteiger partial charge in [-0.05, 0) is 18.2 Å². The second kappa shape index (κ2) is 3.92. The van der Waals surface area contributed by atoms with Crippen LogP contribution in [0.1, 0.15) is 10.4 Å². The molecule has 3 heteroatoms. The van der Waals surface area contributed by atoms with Crippen molar-refractivity contribution in [2.45, 2.75) is 0 Å². The summed E-state index contributed by atoms with van der Waals surface area (Å²) in [5.41, 5.74) is 7.19. The van der Waals surface area contributed by atoms with Gasteiger partial charge >= 0.3 is 0 Å². The van der Waals surface area contributed by atoms with E-state index in [1.165, 1.54) is 0 Å². The first-order valence-electron chi connectivity index (χ1n) is 4.51. The van der Waals surface area contributed by atoms with Crippen molar-refractivity contribution in [3.8, 4) is 11.3 Å². The zero-order chi connectivity index (χ0) is 10.7. The average Bonchev–Trinajstić information content (AvgIpc) is 2.30. The Morgan fingerprint density at radius 3 is 2.67 bits per heavy atom. The molecule has 1 aromatic heterocycles. The molecule has 2 N–H and O–H groups in total. The van der Waals surface area contributed by atoms with Crippen LogP contribution in [0.3, 0.4) is 0 Å². The number of pyridine rings is 1. The Bertz CT molecular complexity index is 480. The molecule has 1 radical (unpaired) electrons. The predicted octanol–water partition coefficient (Wildman–Crippen LogP) is 1.65. The molecule has 0 aliphatic rings. The van der Waals surface area contributed by atoms with Gasteiger partial charge in [0, 0.05) is 11.1 Å². The number of carbonyl (C=O) groups is 1. The van der Waals surface area contributed by atoms with Crippen molar-refractivity contribution >= 4 is 5.91 Å². The number of amides is 1. The van der Waals surface area contributed by atoms with Gasteiger partial charge in [-0.15, -0.1) is 0 Å². The molecule has 0 saturated heterocycles. The van der Waals surface area contributed by atoms with E-state index in [1.54, 1.807) is 18.2 Å². The molecule has 0 saturated carbocycles. The molecule has 3 nitrogen and oxygen atoms in total. The molecular weight excluding hydrogens is 188 g/mol. The highest BCUT2D eigenvalue weighted by atomic mass is 16.1. The topological polar surface area (TPSA) is 56.0 Å². The monoisotopic (exact) mass is 197 g/mol. The van der Waals surface area contributed by atoms with E-state index in [0.29, 0.717) is 11.3 Å². The summed E-state index contributed by atoms with van der Waals surface area (Å²) in [6, 6.07) is 12.5. The number of nitrogens with two attached hydrogens (primary N) is 1. The zero-order valence-electron chi connectivity index (χ0n) is 7.97. The quantitative estimate of drug-likeness (QED) is 0.795. The van der Waals surface area contributed by atoms with Crippen LogP contribution in [0.25, 0.3) is 11.3 Å². The predicted molar refractivity (Wildman–Crippen MR) is 57.0 cm³/mol. The molecule has 1 amide bonds. The maximum absolute atomic E-state index is 11.2. The first-order valence-corrected chi connectivity index (χ1v) is 4.51. The normalized spacial score (nSPS) is 9.87. The Hall–Kier alpha value is -2.16. The van der Waals surface area contributed by atoms with Crippen LogP contribution in [0.15, 0.2) is 42.5 Å². The lowest BCUT2D eigenvalue weighted by Gasteiger charge is -2.04. The van der Waals surface area contributed by atoms with E-state index >= 15 is 0 Å². The molecule has 0 aliphatic carbocycles. The maximum atomic E-state index is 11.2. The number of primary amides is 1. The Morgan fingerprint density at radius 2 is 2.00 bits per heavy atom. The SMILES string of the molecule is NC(=O)c1ccccc1-c1ccc[c]n1. The van der Waals surface area contributed by atoms with Crippen LogP contribution in [-0.4, -0.2) is 10.9 Å². The molecule has 0 aliphatic heterocycles. The van der Waals surface area contributed by atoms with Gasteiger partial charge in [0.15, 0.2) is 0 Å². The van der Waals surface area contributed by atoms with Gasteiger partial charge in [-0.25, -0.2) is 4.98 Å². The van der Waals surface area contributed by atoms with Gasteiger partial charge in [0.25, 0.3) is 0 Å². The molecule has 0 spiro atoms. The number of rotatable bonds is 2. The van der Waals surface area contributed by atoms with Crippen LogP contribution >= 0.6 is 0 Å². The fourth-order valence-corrected chi connectivity index (χ4v) is 1.40. The third-order valence-electron chi connectivity index (χ3n) is 2.08. The first-order chi connectivity index (χ1) is 7.29. The molecule has 0 bridgehead atoms. The lowest BCUT2D eigenvalue weighted by atomic mass is 10.0. The van der Waals surface area contributed by atoms with E-state index in [0.717, 1.165) is 5.56 Å². The van der Waals surface area contributed by atoms with Gasteiger partial charge in [-0.3, -0.25) is 4.79 Å². The molecule has 73 valence electrons. The molecule has 15 heavy (non-hydrogen) atoms. The van der Waals surface area contributed by atoms with Crippen molar-refractivity contribution in [1.82, 2.24) is 4.98 Å². The second-order valence-electron chi connectivity index (χ2n) is 3.06. The smallest absolute Gasteiger partial charge is 0.249 e. The Kier molecular flexibility index (Phi) is 2.46. The summed E-state index contributed by atoms with van der Waals surface area (Å²) in [6.45, 7) is 0. The molecule has 2 rings (SSSR count). The maximum Gasteiger partial charge on any atom is 0.249 e. The number of aromatic nitrogens is 1. The minimum atomic E-state index is -0.448. The minimum Gasteiger partial charge on any atom is -0.366 e. The van der Waals surface area contributed by atoms with E-state index in [9.17, 15) is 4.79 Å². The van der Waals surface area contributed by atoms with Crippen LogP contribution < -0.4 is 5.73 Å². The third-order valence-corrected chi connectivity index (χ3v) is 2.08. The molecule has 1 aromatic carbocycles. The highest BCUT2D eigenvalue weighted by Gasteiger charge is 2.08. The largest absolute Gasteiger partial charge is 0.366 e. The molecular formula is C12H9N2O. The van der Waals surface area contributed by atoms with Crippen molar-refractivity contribution in [1.29, 1.82) is 0 Å². The van der Waals surface area contributed by atoms with E-state index in [4.69, 9.17) is 5.73 Å². The summed E-state index contributed by atoms with van der Waals surface area (Å²) in [5.74, 6) is -0.448. The third kappa shape index (κ3) is 1.86. The van der Waals surface area contributed by atoms with Crippen molar-refractivity contribution in [3.05, 3.63) is 54.2 Å². The van der Waals surface area contributed by atoms with Gasteiger partial charge in [0.1, 0.15) is 0 Å². The van der Waals surface area contributed by atoms with E-state index < -0.39 is 5.91 Å². The van der Waals surface area contributed by atoms with Crippen molar-refractivity contribution in [2.24, 2.45) is 5.73 Å². The Balaban J connectivity index is 2.58. The van der Waals surface area contributed by atoms with Gasteiger partial charge in [0.2, 0.25) is 5.91 Å². The summed E-state index contributed by atoms with van der Waals surface area (Å²) < 4.78 is 0. The van der Waals surface area contributed by atoms with E-state index in [1.807, 2.05) is 24.3 Å². The van der Waals surface area contributed by atoms with Crippen LogP contribution in [0.2, 0.25) is 0 Å². The molecule has 1 heterocycles. The van der Waals surface area contributed by atoms with Crippen LogP contribution in [0.4, 0.5) is 0 Å². The average molecular weight is 197 g/mol. The number of hydrogen-bond donors (Lipinski definition) is 1. The van der Waals surface area contributed by atoms with Crippen molar-refractivity contribution < 1.29 is 4.79 Å². The minimum absolute atomic E-state index is 0.448. The fourth-order valence-electron chi connectivity index (χ4n) is 1.40. The Morgan fingerprint density at radius 1 is 1.20 bits per heavy atom. The summed E-state index contributed by atoms with van der Waals surface area (Å²) in [7, 11) is 0. The summed E-state index contributed by atoms with van der Waals surface area (Å²) in [5, 5.41) is 0. The summed E-state index contributed by atoms with van der Waals surface area (Å²) in [4.78, 5) is 15.2. The number of benzene rings is 1. The number of nitrogens with zero attached hydrogens (tertiary/aromatic N) is 1. The first kappa shape index (κ1) is 9.40. The molecule has 2 aromatic rings. The van der Waals surface area contributed by atoms with Crippen LogP contribution in [0.5, 0.6) is 0 Å². The number of hydrogen-bond acceptors (Lipinski definition) is 2. The fraction of sp³-hybridized carbons (Fsp3) is 0. The molecule has 0 unspecified atom stereocenters. The lowest BCUT2D eigenvalue weighted by Crippen LogP contribution is -2.12. The van der Waals surface area contributed by atoms with Crippen molar-refractivity contribution in [2.75, 3.05) is 0 Å².